The highest BCUT2D eigenvalue weighted by Crippen LogP contribution is 2.30. The van der Waals surface area contributed by atoms with Gasteiger partial charge in [-0.1, -0.05) is 43.6 Å². The van der Waals surface area contributed by atoms with Crippen molar-refractivity contribution in [2.75, 3.05) is 12.4 Å². The van der Waals surface area contributed by atoms with Crippen molar-refractivity contribution >= 4 is 29.1 Å². The zero-order valence-electron chi connectivity index (χ0n) is 16.8. The lowest BCUT2D eigenvalue weighted by atomic mass is 10.0. The lowest BCUT2D eigenvalue weighted by molar-refractivity contribution is -0.120. The molecule has 0 radical (unpaired) electrons. The average molecular weight is 403 g/mol. The number of halogens is 1. The van der Waals surface area contributed by atoms with Crippen LogP contribution in [-0.2, 0) is 22.4 Å². The van der Waals surface area contributed by atoms with Crippen LogP contribution in [0.5, 0.6) is 5.75 Å². The maximum atomic E-state index is 12.8. The van der Waals surface area contributed by atoms with Crippen molar-refractivity contribution in [3.8, 4) is 5.75 Å². The largest absolute Gasteiger partial charge is 0.497 e. The Morgan fingerprint density at radius 1 is 1.07 bits per heavy atom. The van der Waals surface area contributed by atoms with Crippen molar-refractivity contribution in [2.45, 2.75) is 46.1 Å². The van der Waals surface area contributed by atoms with Crippen molar-refractivity contribution in [1.82, 2.24) is 5.32 Å². The van der Waals surface area contributed by atoms with Crippen LogP contribution < -0.4 is 15.4 Å². The lowest BCUT2D eigenvalue weighted by Crippen LogP contribution is -2.30. The van der Waals surface area contributed by atoms with Gasteiger partial charge in [-0.3, -0.25) is 9.59 Å². The molecule has 2 amide bonds. The number of anilines is 1. The van der Waals surface area contributed by atoms with E-state index in [-0.39, 0.29) is 18.2 Å². The molecule has 0 heterocycles. The van der Waals surface area contributed by atoms with E-state index in [1.807, 2.05) is 50.2 Å². The van der Waals surface area contributed by atoms with Gasteiger partial charge >= 0.3 is 0 Å². The summed E-state index contributed by atoms with van der Waals surface area (Å²) in [5, 5.41) is 6.51. The van der Waals surface area contributed by atoms with Gasteiger partial charge in [0.15, 0.2) is 0 Å². The number of aryl methyl sites for hydroxylation is 1. The highest BCUT2D eigenvalue weighted by atomic mass is 35.5. The molecule has 0 spiro atoms. The standard InChI is InChI=1S/C22H27ClN2O3/c1-5-15-9-12-19(23)18(6-2)22(15)25-21(27)13-20(24-14(3)26)16-7-10-17(28-4)11-8-16/h7-12,20H,5-6,13H2,1-4H3,(H,24,26)(H,25,27). The van der Waals surface area contributed by atoms with Gasteiger partial charge in [0.1, 0.15) is 5.75 Å². The maximum Gasteiger partial charge on any atom is 0.226 e. The SMILES string of the molecule is CCc1ccc(Cl)c(CC)c1NC(=O)CC(NC(C)=O)c1ccc(OC)cc1. The topological polar surface area (TPSA) is 67.4 Å². The van der Waals surface area contributed by atoms with Crippen LogP contribution in [0.1, 0.15) is 49.9 Å². The van der Waals surface area contributed by atoms with Gasteiger partial charge in [-0.15, -0.1) is 0 Å². The van der Waals surface area contributed by atoms with Crippen molar-refractivity contribution < 1.29 is 14.3 Å². The number of benzene rings is 2. The van der Waals surface area contributed by atoms with Gasteiger partial charge in [0.2, 0.25) is 11.8 Å². The van der Waals surface area contributed by atoms with E-state index in [4.69, 9.17) is 16.3 Å². The number of ether oxygens (including phenoxy) is 1. The molecule has 0 bridgehead atoms. The van der Waals surface area contributed by atoms with Crippen LogP contribution >= 0.6 is 11.6 Å². The Morgan fingerprint density at radius 3 is 2.29 bits per heavy atom. The highest BCUT2D eigenvalue weighted by molar-refractivity contribution is 6.32. The quantitative estimate of drug-likeness (QED) is 0.673. The smallest absolute Gasteiger partial charge is 0.226 e. The number of hydrogen-bond acceptors (Lipinski definition) is 3. The minimum absolute atomic E-state index is 0.116. The number of nitrogens with one attached hydrogen (secondary N) is 2. The molecule has 5 nitrogen and oxygen atoms in total. The number of amides is 2. The monoisotopic (exact) mass is 402 g/mol. The highest BCUT2D eigenvalue weighted by Gasteiger charge is 2.19. The first-order valence-corrected chi connectivity index (χ1v) is 9.78. The lowest BCUT2D eigenvalue weighted by Gasteiger charge is -2.20. The summed E-state index contributed by atoms with van der Waals surface area (Å²) >= 11 is 6.32. The van der Waals surface area contributed by atoms with Crippen LogP contribution in [-0.4, -0.2) is 18.9 Å². The molecular weight excluding hydrogens is 376 g/mol. The number of rotatable bonds is 8. The summed E-state index contributed by atoms with van der Waals surface area (Å²) in [5.74, 6) is 0.343. The third-order valence-corrected chi connectivity index (χ3v) is 4.98. The van der Waals surface area contributed by atoms with Gasteiger partial charge in [-0.05, 0) is 47.7 Å². The summed E-state index contributed by atoms with van der Waals surface area (Å²) in [5.41, 5.74) is 3.58. The summed E-state index contributed by atoms with van der Waals surface area (Å²) in [7, 11) is 1.59. The van der Waals surface area contributed by atoms with E-state index in [9.17, 15) is 9.59 Å². The third-order valence-electron chi connectivity index (χ3n) is 4.63. The molecule has 0 aliphatic carbocycles. The second kappa shape index (κ2) is 10.1. The predicted molar refractivity (Wildman–Crippen MR) is 113 cm³/mol. The fraction of sp³-hybridized carbons (Fsp3) is 0.364. The molecule has 150 valence electrons. The predicted octanol–water partition coefficient (Wildman–Crippen LogP) is 4.68. The molecule has 28 heavy (non-hydrogen) atoms. The minimum atomic E-state index is -0.433. The number of carbonyl (C=O) groups is 2. The van der Waals surface area contributed by atoms with Crippen LogP contribution in [0.2, 0.25) is 5.02 Å². The van der Waals surface area contributed by atoms with Gasteiger partial charge in [0.05, 0.1) is 19.6 Å². The average Bonchev–Trinajstić information content (AvgIpc) is 2.67. The number of carbonyl (C=O) groups excluding carboxylic acids is 2. The molecule has 1 atom stereocenters. The molecular formula is C22H27ClN2O3. The Labute approximate surface area is 171 Å². The molecule has 0 aliphatic rings. The normalized spacial score (nSPS) is 11.6. The summed E-state index contributed by atoms with van der Waals surface area (Å²) < 4.78 is 5.17. The van der Waals surface area contributed by atoms with E-state index in [1.54, 1.807) is 7.11 Å². The molecule has 0 saturated heterocycles. The van der Waals surface area contributed by atoms with E-state index in [2.05, 4.69) is 10.6 Å². The van der Waals surface area contributed by atoms with Crippen LogP contribution in [0.15, 0.2) is 36.4 Å². The first-order valence-electron chi connectivity index (χ1n) is 9.40. The Morgan fingerprint density at radius 2 is 1.75 bits per heavy atom. The summed E-state index contributed by atoms with van der Waals surface area (Å²) in [6.07, 6.45) is 1.62. The van der Waals surface area contributed by atoms with Crippen molar-refractivity contribution in [2.24, 2.45) is 0 Å². The van der Waals surface area contributed by atoms with Crippen LogP contribution in [0.4, 0.5) is 5.69 Å². The minimum Gasteiger partial charge on any atom is -0.497 e. The molecule has 2 aromatic carbocycles. The van der Waals surface area contributed by atoms with Crippen LogP contribution in [0, 0.1) is 0 Å². The summed E-state index contributed by atoms with van der Waals surface area (Å²) in [6, 6.07) is 10.7. The fourth-order valence-corrected chi connectivity index (χ4v) is 3.47. The second-order valence-electron chi connectivity index (χ2n) is 6.55. The number of methoxy groups -OCH3 is 1. The van der Waals surface area contributed by atoms with E-state index < -0.39 is 6.04 Å². The van der Waals surface area contributed by atoms with Gasteiger partial charge in [-0.25, -0.2) is 0 Å². The van der Waals surface area contributed by atoms with E-state index in [0.717, 1.165) is 35.2 Å². The molecule has 2 rings (SSSR count). The number of hydrogen-bond donors (Lipinski definition) is 2. The second-order valence-corrected chi connectivity index (χ2v) is 6.95. The van der Waals surface area contributed by atoms with Gasteiger partial charge in [0.25, 0.3) is 0 Å². The van der Waals surface area contributed by atoms with E-state index in [1.165, 1.54) is 6.92 Å². The maximum absolute atomic E-state index is 12.8. The van der Waals surface area contributed by atoms with Gasteiger partial charge in [-0.2, -0.15) is 0 Å². The summed E-state index contributed by atoms with van der Waals surface area (Å²) in [4.78, 5) is 24.5. The van der Waals surface area contributed by atoms with Crippen LogP contribution in [0.3, 0.4) is 0 Å². The molecule has 0 aliphatic heterocycles. The van der Waals surface area contributed by atoms with Crippen molar-refractivity contribution in [1.29, 1.82) is 0 Å². The zero-order valence-corrected chi connectivity index (χ0v) is 17.5. The van der Waals surface area contributed by atoms with E-state index in [0.29, 0.717) is 10.8 Å². The molecule has 0 fully saturated rings. The Bertz CT molecular complexity index is 834. The Balaban J connectivity index is 2.24. The van der Waals surface area contributed by atoms with Crippen molar-refractivity contribution in [3.05, 3.63) is 58.1 Å². The molecule has 0 aromatic heterocycles. The van der Waals surface area contributed by atoms with Gasteiger partial charge < -0.3 is 15.4 Å². The van der Waals surface area contributed by atoms with E-state index >= 15 is 0 Å². The fourth-order valence-electron chi connectivity index (χ4n) is 3.18. The van der Waals surface area contributed by atoms with Crippen molar-refractivity contribution in [3.63, 3.8) is 0 Å². The van der Waals surface area contributed by atoms with Crippen LogP contribution in [0.25, 0.3) is 0 Å². The first kappa shape index (κ1) is 21.8. The molecule has 6 heteroatoms. The van der Waals surface area contributed by atoms with Gasteiger partial charge in [0, 0.05) is 17.6 Å². The Kier molecular flexibility index (Phi) is 7.88. The first-order chi connectivity index (χ1) is 13.4. The molecule has 2 aromatic rings. The summed E-state index contributed by atoms with van der Waals surface area (Å²) in [6.45, 7) is 5.49. The molecule has 0 saturated carbocycles. The zero-order chi connectivity index (χ0) is 20.7. The third kappa shape index (κ3) is 5.49. The molecule has 1 unspecified atom stereocenters. The Hall–Kier alpha value is -2.53. The molecule has 2 N–H and O–H groups in total.